The molecule has 0 N–H and O–H groups in total. The van der Waals surface area contributed by atoms with E-state index in [9.17, 15) is 4.79 Å². The molecule has 0 bridgehead atoms. The molecule has 1 aliphatic rings. The Kier molecular flexibility index (Phi) is 3.95. The first-order valence-electron chi connectivity index (χ1n) is 6.75. The van der Waals surface area contributed by atoms with Gasteiger partial charge in [0.2, 0.25) is 0 Å². The average molecular weight is 350 g/mol. The van der Waals surface area contributed by atoms with Crippen molar-refractivity contribution in [1.29, 1.82) is 0 Å². The lowest BCUT2D eigenvalue weighted by Crippen LogP contribution is -2.10. The Labute approximate surface area is 132 Å². The summed E-state index contributed by atoms with van der Waals surface area (Å²) in [7, 11) is 0. The van der Waals surface area contributed by atoms with E-state index in [2.05, 4.69) is 22.0 Å². The van der Waals surface area contributed by atoms with Gasteiger partial charge in [0.1, 0.15) is 0 Å². The number of carbonyl (C=O) groups excluding carboxylic acids is 1. The number of hydrogen-bond donors (Lipinski definition) is 0. The molecule has 20 heavy (non-hydrogen) atoms. The van der Waals surface area contributed by atoms with E-state index < -0.39 is 0 Å². The van der Waals surface area contributed by atoms with Crippen LogP contribution in [0.2, 0.25) is 5.02 Å². The summed E-state index contributed by atoms with van der Waals surface area (Å²) in [6, 6.07) is 13.3. The Hall–Kier alpha value is -1.12. The maximum absolute atomic E-state index is 12.5. The maximum atomic E-state index is 12.5. The lowest BCUT2D eigenvalue weighted by atomic mass is 9.79. The summed E-state index contributed by atoms with van der Waals surface area (Å²) >= 11 is 9.40. The van der Waals surface area contributed by atoms with Gasteiger partial charge in [0.05, 0.1) is 5.02 Å². The van der Waals surface area contributed by atoms with E-state index in [0.717, 1.165) is 10.0 Å². The molecule has 1 aliphatic carbocycles. The average Bonchev–Trinajstić information content (AvgIpc) is 2.39. The predicted molar refractivity (Wildman–Crippen MR) is 85.6 cm³/mol. The van der Waals surface area contributed by atoms with Crippen LogP contribution >= 0.6 is 27.5 Å². The quantitative estimate of drug-likeness (QED) is 0.659. The van der Waals surface area contributed by atoms with Crippen LogP contribution in [0.3, 0.4) is 0 Å². The third kappa shape index (κ3) is 2.68. The molecule has 102 valence electrons. The van der Waals surface area contributed by atoms with Gasteiger partial charge < -0.3 is 0 Å². The maximum Gasteiger partial charge on any atom is 0.193 e. The SMILES string of the molecule is O=C(c1cccc(C2CCC2)c1)c1ccc(Br)c(Cl)c1. The van der Waals surface area contributed by atoms with E-state index in [-0.39, 0.29) is 5.78 Å². The third-order valence-electron chi connectivity index (χ3n) is 3.91. The molecule has 0 radical (unpaired) electrons. The smallest absolute Gasteiger partial charge is 0.193 e. The zero-order valence-corrected chi connectivity index (χ0v) is 13.2. The Morgan fingerprint density at radius 1 is 1.10 bits per heavy atom. The van der Waals surface area contributed by atoms with Gasteiger partial charge in [-0.2, -0.15) is 0 Å². The van der Waals surface area contributed by atoms with Crippen LogP contribution in [-0.2, 0) is 0 Å². The largest absolute Gasteiger partial charge is 0.289 e. The van der Waals surface area contributed by atoms with Crippen LogP contribution in [0, 0.1) is 0 Å². The molecule has 0 saturated heterocycles. The van der Waals surface area contributed by atoms with Crippen molar-refractivity contribution in [2.45, 2.75) is 25.2 Å². The van der Waals surface area contributed by atoms with Crippen molar-refractivity contribution >= 4 is 33.3 Å². The molecule has 0 unspecified atom stereocenters. The molecule has 0 atom stereocenters. The van der Waals surface area contributed by atoms with Crippen molar-refractivity contribution in [3.63, 3.8) is 0 Å². The van der Waals surface area contributed by atoms with E-state index in [1.807, 2.05) is 24.3 Å². The van der Waals surface area contributed by atoms with Gasteiger partial charge >= 0.3 is 0 Å². The Morgan fingerprint density at radius 3 is 2.50 bits per heavy atom. The van der Waals surface area contributed by atoms with Crippen molar-refractivity contribution in [2.75, 3.05) is 0 Å². The van der Waals surface area contributed by atoms with Crippen molar-refractivity contribution in [3.05, 3.63) is 68.7 Å². The minimum absolute atomic E-state index is 0.0283. The first kappa shape index (κ1) is 13.8. The fourth-order valence-corrected chi connectivity index (χ4v) is 2.91. The number of benzene rings is 2. The molecule has 0 amide bonds. The van der Waals surface area contributed by atoms with E-state index >= 15 is 0 Å². The van der Waals surface area contributed by atoms with Crippen LogP contribution in [-0.4, -0.2) is 5.78 Å². The molecule has 0 heterocycles. The van der Waals surface area contributed by atoms with Crippen molar-refractivity contribution in [2.24, 2.45) is 0 Å². The Bertz CT molecular complexity index is 662. The molecule has 1 fully saturated rings. The summed E-state index contributed by atoms with van der Waals surface area (Å²) in [5.41, 5.74) is 2.65. The molecule has 2 aromatic rings. The van der Waals surface area contributed by atoms with E-state index in [1.165, 1.54) is 24.8 Å². The van der Waals surface area contributed by atoms with E-state index in [0.29, 0.717) is 16.5 Å². The van der Waals surface area contributed by atoms with Gasteiger partial charge in [-0.05, 0) is 64.5 Å². The highest BCUT2D eigenvalue weighted by Gasteiger charge is 2.20. The lowest BCUT2D eigenvalue weighted by molar-refractivity contribution is 0.103. The third-order valence-corrected chi connectivity index (χ3v) is 5.14. The number of rotatable bonds is 3. The van der Waals surface area contributed by atoms with Gasteiger partial charge in [-0.1, -0.05) is 36.2 Å². The highest BCUT2D eigenvalue weighted by Crippen LogP contribution is 2.36. The molecule has 1 saturated carbocycles. The second-order valence-corrected chi connectivity index (χ2v) is 6.47. The zero-order valence-electron chi connectivity index (χ0n) is 10.9. The lowest BCUT2D eigenvalue weighted by Gasteiger charge is -2.26. The summed E-state index contributed by atoms with van der Waals surface area (Å²) in [5, 5.41) is 0.561. The van der Waals surface area contributed by atoms with Crippen molar-refractivity contribution in [1.82, 2.24) is 0 Å². The highest BCUT2D eigenvalue weighted by atomic mass is 79.9. The second-order valence-electron chi connectivity index (χ2n) is 5.21. The number of hydrogen-bond acceptors (Lipinski definition) is 1. The van der Waals surface area contributed by atoms with Crippen LogP contribution in [0.5, 0.6) is 0 Å². The first-order chi connectivity index (χ1) is 9.65. The minimum atomic E-state index is 0.0283. The van der Waals surface area contributed by atoms with Gasteiger partial charge in [0, 0.05) is 15.6 Å². The fraction of sp³-hybridized carbons (Fsp3) is 0.235. The topological polar surface area (TPSA) is 17.1 Å². The van der Waals surface area contributed by atoms with E-state index in [4.69, 9.17) is 11.6 Å². The van der Waals surface area contributed by atoms with Crippen LogP contribution in [0.15, 0.2) is 46.9 Å². The molecule has 0 aliphatic heterocycles. The molecule has 1 nitrogen and oxygen atoms in total. The van der Waals surface area contributed by atoms with Crippen LogP contribution in [0.1, 0.15) is 46.7 Å². The van der Waals surface area contributed by atoms with Gasteiger partial charge in [0.25, 0.3) is 0 Å². The van der Waals surface area contributed by atoms with Crippen LogP contribution < -0.4 is 0 Å². The highest BCUT2D eigenvalue weighted by molar-refractivity contribution is 9.10. The summed E-state index contributed by atoms with van der Waals surface area (Å²) in [4.78, 5) is 12.5. The minimum Gasteiger partial charge on any atom is -0.289 e. The molecule has 3 heteroatoms. The Morgan fingerprint density at radius 2 is 1.85 bits per heavy atom. The molecule has 2 aromatic carbocycles. The van der Waals surface area contributed by atoms with Crippen molar-refractivity contribution < 1.29 is 4.79 Å². The number of carbonyl (C=O) groups is 1. The second kappa shape index (κ2) is 5.71. The normalized spacial score (nSPS) is 14.9. The number of ketones is 1. The molecule has 0 aromatic heterocycles. The van der Waals surface area contributed by atoms with Gasteiger partial charge in [-0.25, -0.2) is 0 Å². The van der Waals surface area contributed by atoms with Gasteiger partial charge in [0.15, 0.2) is 5.78 Å². The van der Waals surface area contributed by atoms with Gasteiger partial charge in [-0.3, -0.25) is 4.79 Å². The van der Waals surface area contributed by atoms with E-state index in [1.54, 1.807) is 12.1 Å². The summed E-state index contributed by atoms with van der Waals surface area (Å²) < 4.78 is 0.805. The van der Waals surface area contributed by atoms with Gasteiger partial charge in [-0.15, -0.1) is 0 Å². The Balaban J connectivity index is 1.91. The van der Waals surface area contributed by atoms with Crippen LogP contribution in [0.4, 0.5) is 0 Å². The van der Waals surface area contributed by atoms with Crippen molar-refractivity contribution in [3.8, 4) is 0 Å². The van der Waals surface area contributed by atoms with Crippen LogP contribution in [0.25, 0.3) is 0 Å². The summed E-state index contributed by atoms with van der Waals surface area (Å²) in [6.07, 6.45) is 3.77. The number of halogens is 2. The summed E-state index contributed by atoms with van der Waals surface area (Å²) in [6.45, 7) is 0. The standard InChI is InChI=1S/C17H14BrClO/c18-15-8-7-14(10-16(15)19)17(20)13-6-2-5-12(9-13)11-3-1-4-11/h2,5-11H,1,3-4H2. The predicted octanol–water partition coefficient (Wildman–Crippen LogP) is 5.60. The fourth-order valence-electron chi connectivity index (χ4n) is 2.48. The molecule has 0 spiro atoms. The molecular formula is C17H14BrClO. The summed E-state index contributed by atoms with van der Waals surface area (Å²) in [5.74, 6) is 0.664. The zero-order chi connectivity index (χ0) is 14.1. The molecule has 3 rings (SSSR count). The monoisotopic (exact) mass is 348 g/mol. The molecular weight excluding hydrogens is 336 g/mol. The first-order valence-corrected chi connectivity index (χ1v) is 7.92.